The molecule has 23 heavy (non-hydrogen) atoms. The van der Waals surface area contributed by atoms with Crippen molar-refractivity contribution in [3.63, 3.8) is 0 Å². The molecule has 2 aromatic rings. The van der Waals surface area contributed by atoms with Crippen LogP contribution < -0.4 is 0 Å². The Hall–Kier alpha value is -2.24. The number of carbonyl (C=O) groups is 1. The first-order valence-corrected chi connectivity index (χ1v) is 8.32. The molecule has 0 bridgehead atoms. The Morgan fingerprint density at radius 2 is 2.22 bits per heavy atom. The third-order valence-electron chi connectivity index (χ3n) is 4.74. The average molecular weight is 312 g/mol. The molecule has 0 radical (unpaired) electrons. The van der Waals surface area contributed by atoms with Crippen LogP contribution in [0.1, 0.15) is 65.7 Å². The Balaban J connectivity index is 1.47. The highest BCUT2D eigenvalue weighted by Gasteiger charge is 2.34. The van der Waals surface area contributed by atoms with Crippen LogP contribution >= 0.6 is 0 Å². The summed E-state index contributed by atoms with van der Waals surface area (Å²) in [6, 6.07) is 1.81. The van der Waals surface area contributed by atoms with E-state index in [4.69, 9.17) is 4.52 Å². The normalized spacial score (nSPS) is 20.9. The fourth-order valence-corrected chi connectivity index (χ4v) is 3.15. The number of nitrogens with zero attached hydrogens (tertiary/aromatic N) is 4. The van der Waals surface area contributed by atoms with Crippen LogP contribution in [0.4, 0.5) is 0 Å². The maximum absolute atomic E-state index is 12.8. The monoisotopic (exact) mass is 312 g/mol. The summed E-state index contributed by atoms with van der Waals surface area (Å²) in [6.07, 6.45) is 7.47. The van der Waals surface area contributed by atoms with E-state index in [9.17, 15) is 4.79 Å². The van der Waals surface area contributed by atoms with Crippen molar-refractivity contribution < 1.29 is 9.32 Å². The minimum Gasteiger partial charge on any atom is -0.339 e. The maximum Gasteiger partial charge on any atom is 0.254 e. The van der Waals surface area contributed by atoms with Gasteiger partial charge >= 0.3 is 0 Å². The van der Waals surface area contributed by atoms with Crippen LogP contribution in [0.3, 0.4) is 0 Å². The van der Waals surface area contributed by atoms with Gasteiger partial charge in [0.05, 0.1) is 5.92 Å². The van der Waals surface area contributed by atoms with Gasteiger partial charge < -0.3 is 9.42 Å². The quantitative estimate of drug-likeness (QED) is 0.867. The number of amides is 1. The van der Waals surface area contributed by atoms with Gasteiger partial charge in [0.25, 0.3) is 5.91 Å². The fraction of sp³-hybridized carbons (Fsp3) is 0.529. The largest absolute Gasteiger partial charge is 0.339 e. The van der Waals surface area contributed by atoms with Crippen molar-refractivity contribution in [1.29, 1.82) is 0 Å². The molecule has 1 atom stereocenters. The molecule has 1 saturated heterocycles. The summed E-state index contributed by atoms with van der Waals surface area (Å²) in [4.78, 5) is 23.3. The zero-order chi connectivity index (χ0) is 15.8. The van der Waals surface area contributed by atoms with Gasteiger partial charge in [0, 0.05) is 37.0 Å². The van der Waals surface area contributed by atoms with Gasteiger partial charge in [-0.1, -0.05) is 12.1 Å². The van der Waals surface area contributed by atoms with Gasteiger partial charge in [-0.15, -0.1) is 0 Å². The van der Waals surface area contributed by atoms with Gasteiger partial charge in [-0.05, 0) is 37.3 Å². The van der Waals surface area contributed by atoms with E-state index in [0.29, 0.717) is 18.4 Å². The molecule has 2 aromatic heterocycles. The second-order valence-corrected chi connectivity index (χ2v) is 6.39. The molecule has 6 nitrogen and oxygen atoms in total. The first-order chi connectivity index (χ1) is 11.3. The molecule has 0 N–H and O–H groups in total. The Bertz CT molecular complexity index is 723. The molecular weight excluding hydrogens is 292 g/mol. The summed E-state index contributed by atoms with van der Waals surface area (Å²) < 4.78 is 5.42. The van der Waals surface area contributed by atoms with Crippen LogP contribution in [0.15, 0.2) is 23.0 Å². The van der Waals surface area contributed by atoms with Crippen molar-refractivity contribution in [2.75, 3.05) is 13.1 Å². The summed E-state index contributed by atoms with van der Waals surface area (Å²) in [7, 11) is 0. The minimum atomic E-state index is 0.0775. The highest BCUT2D eigenvalue weighted by Crippen LogP contribution is 2.39. The average Bonchev–Trinajstić information content (AvgIpc) is 3.13. The molecule has 2 fully saturated rings. The number of carbonyl (C=O) groups excluding carboxylic acids is 1. The number of likely N-dealkylation sites (tertiary alicyclic amines) is 1. The van der Waals surface area contributed by atoms with Gasteiger partial charge in [0.2, 0.25) is 5.89 Å². The fourth-order valence-electron chi connectivity index (χ4n) is 3.15. The van der Waals surface area contributed by atoms with E-state index in [-0.39, 0.29) is 11.8 Å². The Morgan fingerprint density at radius 1 is 1.35 bits per heavy atom. The van der Waals surface area contributed by atoms with Gasteiger partial charge in [0.15, 0.2) is 5.82 Å². The predicted octanol–water partition coefficient (Wildman–Crippen LogP) is 2.53. The molecular formula is C17H20N4O2. The van der Waals surface area contributed by atoms with Gasteiger partial charge in [-0.25, -0.2) is 0 Å². The summed E-state index contributed by atoms with van der Waals surface area (Å²) in [5.74, 6) is 2.26. The minimum absolute atomic E-state index is 0.0775. The Labute approximate surface area is 134 Å². The molecule has 0 spiro atoms. The summed E-state index contributed by atoms with van der Waals surface area (Å²) in [5.41, 5.74) is 1.75. The van der Waals surface area contributed by atoms with E-state index < -0.39 is 0 Å². The third-order valence-corrected chi connectivity index (χ3v) is 4.74. The smallest absolute Gasteiger partial charge is 0.254 e. The molecule has 1 aliphatic heterocycles. The third kappa shape index (κ3) is 2.73. The first kappa shape index (κ1) is 14.4. The van der Waals surface area contributed by atoms with E-state index in [2.05, 4.69) is 15.1 Å². The van der Waals surface area contributed by atoms with Crippen molar-refractivity contribution in [2.24, 2.45) is 0 Å². The van der Waals surface area contributed by atoms with Gasteiger partial charge in [-0.3, -0.25) is 9.78 Å². The van der Waals surface area contributed by atoms with E-state index in [1.807, 2.05) is 17.9 Å². The number of hydrogen-bond acceptors (Lipinski definition) is 5. The topological polar surface area (TPSA) is 72.1 Å². The molecule has 120 valence electrons. The molecule has 1 aliphatic carbocycles. The van der Waals surface area contributed by atoms with E-state index in [1.165, 1.54) is 0 Å². The molecule has 1 saturated carbocycles. The molecule has 0 unspecified atom stereocenters. The van der Waals surface area contributed by atoms with Crippen molar-refractivity contribution in [2.45, 2.75) is 44.4 Å². The number of pyridine rings is 1. The lowest BCUT2D eigenvalue weighted by atomic mass is 10.1. The van der Waals surface area contributed by atoms with Crippen LogP contribution in [0.2, 0.25) is 0 Å². The number of rotatable bonds is 4. The number of hydrogen-bond donors (Lipinski definition) is 0. The van der Waals surface area contributed by atoms with E-state index in [0.717, 1.165) is 49.2 Å². The summed E-state index contributed by atoms with van der Waals surface area (Å²) in [5, 5.41) is 4.08. The second kappa shape index (κ2) is 5.76. The standard InChI is InChI=1S/C17H20N4O2/c1-2-11-9-18-7-5-14(11)17(22)21-8-6-13(10-21)16-19-15(20-23-16)12-3-4-12/h5,7,9,12-13H,2-4,6,8,10H2,1H3/t13-/m0/s1. The number of aromatic nitrogens is 3. The molecule has 6 heteroatoms. The SMILES string of the molecule is CCc1cnccc1C(=O)N1CC[C@H](c2nc(C3CC3)no2)C1. The lowest BCUT2D eigenvalue weighted by Crippen LogP contribution is -2.29. The molecule has 3 heterocycles. The molecule has 0 aromatic carbocycles. The van der Waals surface area contributed by atoms with Crippen LogP contribution in [0.5, 0.6) is 0 Å². The van der Waals surface area contributed by atoms with Crippen molar-refractivity contribution >= 4 is 5.91 Å². The van der Waals surface area contributed by atoms with Crippen LogP contribution in [-0.2, 0) is 6.42 Å². The van der Waals surface area contributed by atoms with E-state index >= 15 is 0 Å². The van der Waals surface area contributed by atoms with Crippen LogP contribution in [-0.4, -0.2) is 39.0 Å². The molecule has 2 aliphatic rings. The molecule has 1 amide bonds. The summed E-state index contributed by atoms with van der Waals surface area (Å²) in [6.45, 7) is 3.42. The number of aryl methyl sites for hydroxylation is 1. The highest BCUT2D eigenvalue weighted by molar-refractivity contribution is 5.95. The van der Waals surface area contributed by atoms with E-state index in [1.54, 1.807) is 12.4 Å². The molecule has 4 rings (SSSR count). The van der Waals surface area contributed by atoms with Crippen LogP contribution in [0, 0.1) is 0 Å². The highest BCUT2D eigenvalue weighted by atomic mass is 16.5. The van der Waals surface area contributed by atoms with Gasteiger partial charge in [-0.2, -0.15) is 4.98 Å². The lowest BCUT2D eigenvalue weighted by Gasteiger charge is -2.17. The Morgan fingerprint density at radius 3 is 3.00 bits per heavy atom. The van der Waals surface area contributed by atoms with Crippen LogP contribution in [0.25, 0.3) is 0 Å². The summed E-state index contributed by atoms with van der Waals surface area (Å²) >= 11 is 0. The first-order valence-electron chi connectivity index (χ1n) is 8.32. The zero-order valence-electron chi connectivity index (χ0n) is 13.2. The van der Waals surface area contributed by atoms with Crippen molar-refractivity contribution in [3.8, 4) is 0 Å². The zero-order valence-corrected chi connectivity index (χ0v) is 13.2. The van der Waals surface area contributed by atoms with Crippen molar-refractivity contribution in [3.05, 3.63) is 41.3 Å². The predicted molar refractivity (Wildman–Crippen MR) is 83.1 cm³/mol. The lowest BCUT2D eigenvalue weighted by molar-refractivity contribution is 0.0788. The second-order valence-electron chi connectivity index (χ2n) is 6.39. The Kier molecular flexibility index (Phi) is 3.59. The maximum atomic E-state index is 12.8. The van der Waals surface area contributed by atoms with Crippen molar-refractivity contribution in [1.82, 2.24) is 20.0 Å². The van der Waals surface area contributed by atoms with Gasteiger partial charge in [0.1, 0.15) is 0 Å².